The molecule has 0 fully saturated rings. The van der Waals surface area contributed by atoms with Gasteiger partial charge in [-0.2, -0.15) is 20.4 Å². The summed E-state index contributed by atoms with van der Waals surface area (Å²) in [6.45, 7) is 20.5. The molecule has 0 amide bonds. The molecule has 8 aromatic rings. The van der Waals surface area contributed by atoms with Crippen molar-refractivity contribution < 1.29 is 29.2 Å². The molecular formula is C53H68N16O6. The van der Waals surface area contributed by atoms with Crippen molar-refractivity contribution in [3.05, 3.63) is 69.3 Å². The van der Waals surface area contributed by atoms with Gasteiger partial charge in [-0.25, -0.2) is 14.0 Å². The fourth-order valence-electron chi connectivity index (χ4n) is 10.2. The van der Waals surface area contributed by atoms with Crippen molar-refractivity contribution in [3.8, 4) is 46.0 Å². The minimum Gasteiger partial charge on any atom is -0.476 e. The van der Waals surface area contributed by atoms with Gasteiger partial charge in [0, 0.05) is 43.5 Å². The number of H-pyrrole nitrogens is 1. The Morgan fingerprint density at radius 2 is 1.39 bits per heavy atom. The van der Waals surface area contributed by atoms with Gasteiger partial charge in [-0.15, -0.1) is 10.2 Å². The number of hydrogen-bond acceptors (Lipinski definition) is 16. The first-order chi connectivity index (χ1) is 36.1. The molecule has 0 saturated heterocycles. The minimum absolute atomic E-state index is 0.0223. The third-order valence-electron chi connectivity index (χ3n) is 14.1. The van der Waals surface area contributed by atoms with E-state index in [0.29, 0.717) is 80.1 Å². The van der Waals surface area contributed by atoms with E-state index in [-0.39, 0.29) is 44.1 Å². The second kappa shape index (κ2) is 20.7. The number of hydrogen-bond donors (Lipinski definition) is 3. The Bertz CT molecular complexity index is 3460. The summed E-state index contributed by atoms with van der Waals surface area (Å²) in [5.74, 6) is 2.09. The highest BCUT2D eigenvalue weighted by Crippen LogP contribution is 2.39. The van der Waals surface area contributed by atoms with Crippen LogP contribution in [-0.2, 0) is 26.8 Å². The number of nitrogens with zero attached hydrogens (tertiary/aromatic N) is 15. The van der Waals surface area contributed by atoms with Crippen LogP contribution >= 0.6 is 0 Å². The van der Waals surface area contributed by atoms with E-state index in [1.54, 1.807) is 4.68 Å². The molecule has 0 saturated carbocycles. The first kappa shape index (κ1) is 51.1. The zero-order valence-corrected chi connectivity index (χ0v) is 45.0. The van der Waals surface area contributed by atoms with Crippen LogP contribution in [0.15, 0.2) is 18.3 Å². The van der Waals surface area contributed by atoms with Crippen molar-refractivity contribution in [1.82, 2.24) is 78.9 Å². The lowest BCUT2D eigenvalue weighted by atomic mass is 10.1. The molecule has 0 aliphatic carbocycles. The highest BCUT2D eigenvalue weighted by atomic mass is 16.5. The number of aryl methyl sites for hydroxylation is 4. The highest BCUT2D eigenvalue weighted by Gasteiger charge is 2.30. The molecule has 22 nitrogen and oxygen atoms in total. The number of aliphatic hydroxyl groups excluding tert-OH is 2. The topological polar surface area (TPSA) is 227 Å². The first-order valence-corrected chi connectivity index (χ1v) is 25.7. The van der Waals surface area contributed by atoms with Gasteiger partial charge in [0.05, 0.1) is 124 Å². The number of aromatic amines is 1. The number of aromatic nitrogens is 14. The van der Waals surface area contributed by atoms with Crippen LogP contribution in [-0.4, -0.2) is 155 Å². The second-order valence-corrected chi connectivity index (χ2v) is 19.9. The number of ether oxygens (including phenoxy) is 4. The van der Waals surface area contributed by atoms with Crippen LogP contribution in [0.1, 0.15) is 105 Å². The third-order valence-corrected chi connectivity index (χ3v) is 14.1. The van der Waals surface area contributed by atoms with E-state index in [4.69, 9.17) is 59.5 Å². The number of fused-ring (bicyclic) bond motifs is 8. The molecule has 4 atom stereocenters. The van der Waals surface area contributed by atoms with Gasteiger partial charge in [0.25, 0.3) is 0 Å². The van der Waals surface area contributed by atoms with Crippen LogP contribution < -0.4 is 18.9 Å². The monoisotopic (exact) mass is 1020 g/mol. The number of likely N-dealkylation sites (N-methyl/N-ethyl adjacent to an activating group) is 2. The van der Waals surface area contributed by atoms with Crippen LogP contribution in [0.4, 0.5) is 0 Å². The van der Waals surface area contributed by atoms with Crippen molar-refractivity contribution in [2.24, 2.45) is 7.05 Å². The fourth-order valence-corrected chi connectivity index (χ4v) is 10.2. The number of nitrogens with one attached hydrogen (secondary N) is 1. The lowest BCUT2D eigenvalue weighted by molar-refractivity contribution is 0.142. The molecule has 10 heterocycles. The largest absolute Gasteiger partial charge is 0.476 e. The zero-order valence-electron chi connectivity index (χ0n) is 45.0. The van der Waals surface area contributed by atoms with Crippen molar-refractivity contribution in [3.63, 3.8) is 0 Å². The second-order valence-electron chi connectivity index (χ2n) is 19.9. The molecule has 2 aliphatic rings. The maximum atomic E-state index is 10.4. The number of pyridine rings is 2. The van der Waals surface area contributed by atoms with Gasteiger partial charge in [-0.1, -0.05) is 0 Å². The number of rotatable bonds is 10. The summed E-state index contributed by atoms with van der Waals surface area (Å²) in [4.78, 5) is 14.6. The minimum atomic E-state index is -0.353. The van der Waals surface area contributed by atoms with Gasteiger partial charge >= 0.3 is 0 Å². The lowest BCUT2D eigenvalue weighted by Crippen LogP contribution is -2.35. The molecule has 3 N–H and O–H groups in total. The van der Waals surface area contributed by atoms with E-state index in [9.17, 15) is 10.2 Å². The average molecular weight is 1030 g/mol. The normalized spacial score (nSPS) is 18.3. The molecule has 396 valence electrons. The van der Waals surface area contributed by atoms with Crippen molar-refractivity contribution in [2.45, 2.75) is 106 Å². The summed E-state index contributed by atoms with van der Waals surface area (Å²) in [6, 6.07) is 3.44. The van der Waals surface area contributed by atoms with Gasteiger partial charge < -0.3 is 29.2 Å². The van der Waals surface area contributed by atoms with E-state index < -0.39 is 0 Å². The van der Waals surface area contributed by atoms with E-state index in [1.807, 2.05) is 131 Å². The highest BCUT2D eigenvalue weighted by molar-refractivity contribution is 5.94. The van der Waals surface area contributed by atoms with E-state index in [1.165, 1.54) is 0 Å². The van der Waals surface area contributed by atoms with Crippen molar-refractivity contribution in [1.29, 1.82) is 0 Å². The first-order valence-electron chi connectivity index (χ1n) is 25.7. The molecule has 75 heavy (non-hydrogen) atoms. The van der Waals surface area contributed by atoms with Gasteiger partial charge in [0.2, 0.25) is 23.5 Å². The van der Waals surface area contributed by atoms with Crippen LogP contribution in [0.5, 0.6) is 23.5 Å². The van der Waals surface area contributed by atoms with Crippen LogP contribution in [0.25, 0.3) is 68.6 Å². The Labute approximate surface area is 435 Å². The Morgan fingerprint density at radius 3 is 2.07 bits per heavy atom. The van der Waals surface area contributed by atoms with Crippen LogP contribution in [0.2, 0.25) is 0 Å². The van der Waals surface area contributed by atoms with Crippen LogP contribution in [0.3, 0.4) is 0 Å². The quantitative estimate of drug-likeness (QED) is 0.134. The average Bonchev–Trinajstić information content (AvgIpc) is 4.24. The summed E-state index contributed by atoms with van der Waals surface area (Å²) in [7, 11) is 5.98. The molecule has 0 unspecified atom stereocenters. The van der Waals surface area contributed by atoms with E-state index in [0.717, 1.165) is 78.2 Å². The van der Waals surface area contributed by atoms with Gasteiger partial charge in [-0.05, 0) is 113 Å². The molecule has 8 aromatic heterocycles. The van der Waals surface area contributed by atoms with Crippen molar-refractivity contribution >= 4 is 46.1 Å². The Morgan fingerprint density at radius 1 is 0.747 bits per heavy atom. The molecular weight excluding hydrogens is 957 g/mol. The Balaban J connectivity index is 1.13. The van der Waals surface area contributed by atoms with Crippen LogP contribution in [0, 0.1) is 20.8 Å². The summed E-state index contributed by atoms with van der Waals surface area (Å²) in [6.07, 6.45) is 9.50. The predicted molar refractivity (Wildman–Crippen MR) is 286 cm³/mol. The predicted octanol–water partition coefficient (Wildman–Crippen LogP) is 6.46. The standard InChI is InChI=1S/C53H68N16O6/c1-13-72-50-36-15-17-40-39-20-43(55-35(9)49(39)57-56-40)48-34(8)59-67(53(48)75-32(6)22-63(10)23-45(36)68(61-50)29(3)25-70)28-66-44-21-54-42-19-38(44)41(60-66)18-16-37-46(69(30(4)26-71)62-51(37)73-14-2)24-64(11)31(5)27-74-52-47(42)33(7)58-65(52)12/h15-21,29-32,70-71H,13-14,22-28H2,1-12H3,(H,56,57)/b17-15+,18-16+/t29-,30-,31+,32+/m0/s1. The van der Waals surface area contributed by atoms with Crippen molar-refractivity contribution in [2.75, 3.05) is 53.7 Å². The molecule has 22 heteroatoms. The molecule has 0 aromatic carbocycles. The fraction of sp³-hybridized carbons (Fsp3) is 0.472. The lowest BCUT2D eigenvalue weighted by Gasteiger charge is -2.26. The summed E-state index contributed by atoms with van der Waals surface area (Å²) in [5, 5.41) is 55.5. The SMILES string of the molecule is CCOc1nn([C@@H](C)CO)c2c1/C=C/c1[nH]nc3c(C)nc(cc13)-c1c(C)nn(Cn3nc4c5cc(ncc53)-c3c(C)nn(C)c3OC[C@@H](C)N(C)Cc3c(c(OCC)nn3[C@@H](C)CO)/C=C/4)c1O[C@H](C)CN(C)C2. The van der Waals surface area contributed by atoms with Gasteiger partial charge in [0.15, 0.2) is 0 Å². The summed E-state index contributed by atoms with van der Waals surface area (Å²) in [5.41, 5.74) is 11.5. The third kappa shape index (κ3) is 9.44. The van der Waals surface area contributed by atoms with E-state index >= 15 is 0 Å². The van der Waals surface area contributed by atoms with E-state index in [2.05, 4.69) is 28.9 Å². The molecule has 10 rings (SSSR count). The summed E-state index contributed by atoms with van der Waals surface area (Å²) >= 11 is 0. The smallest absolute Gasteiger partial charge is 0.240 e. The zero-order chi connectivity index (χ0) is 53.0. The molecule has 0 spiro atoms. The summed E-state index contributed by atoms with van der Waals surface area (Å²) < 4.78 is 35.3. The molecule has 4 bridgehead atoms. The van der Waals surface area contributed by atoms with Gasteiger partial charge in [-0.3, -0.25) is 34.2 Å². The number of aliphatic hydroxyl groups is 2. The maximum Gasteiger partial charge on any atom is 0.240 e. The van der Waals surface area contributed by atoms with Gasteiger partial charge in [0.1, 0.15) is 24.9 Å². The molecule has 2 aliphatic heterocycles. The Hall–Kier alpha value is -7.40. The maximum absolute atomic E-state index is 10.4. The Kier molecular flexibility index (Phi) is 14.1. The molecule has 0 radical (unpaired) electrons.